The van der Waals surface area contributed by atoms with Gasteiger partial charge < -0.3 is 5.32 Å². The maximum absolute atomic E-state index is 12.5. The summed E-state index contributed by atoms with van der Waals surface area (Å²) in [5.74, 6) is 0.412. The fraction of sp³-hybridized carbons (Fsp3) is 0.625. The van der Waals surface area contributed by atoms with Gasteiger partial charge in [0.2, 0.25) is 10.0 Å². The lowest BCUT2D eigenvalue weighted by Crippen LogP contribution is -2.47. The van der Waals surface area contributed by atoms with Crippen LogP contribution in [-0.2, 0) is 10.0 Å². The Hall–Kier alpha value is -0.620. The highest BCUT2D eigenvalue weighted by atomic mass is 35.5. The first-order valence-electron chi connectivity index (χ1n) is 7.82. The lowest BCUT2D eigenvalue weighted by Gasteiger charge is -2.29. The van der Waals surface area contributed by atoms with E-state index in [9.17, 15) is 8.42 Å². The van der Waals surface area contributed by atoms with Gasteiger partial charge in [-0.15, -0.1) is 12.4 Å². The molecular formula is C16H25ClN2O2S. The van der Waals surface area contributed by atoms with Gasteiger partial charge in [0, 0.05) is 18.1 Å². The number of fused-ring (bicyclic) bond motifs is 2. The van der Waals surface area contributed by atoms with E-state index in [1.165, 1.54) is 12.8 Å². The topological polar surface area (TPSA) is 58.2 Å². The van der Waals surface area contributed by atoms with Gasteiger partial charge in [-0.05, 0) is 49.3 Å². The minimum atomic E-state index is -3.40. The molecule has 2 aliphatic rings. The Balaban J connectivity index is 0.00000176. The van der Waals surface area contributed by atoms with Crippen molar-refractivity contribution in [2.45, 2.75) is 68.5 Å². The Morgan fingerprint density at radius 3 is 2.14 bits per heavy atom. The lowest BCUT2D eigenvalue weighted by atomic mass is 10.0. The van der Waals surface area contributed by atoms with Crippen molar-refractivity contribution < 1.29 is 8.42 Å². The summed E-state index contributed by atoms with van der Waals surface area (Å²) < 4.78 is 27.9. The normalized spacial score (nSPS) is 27.7. The van der Waals surface area contributed by atoms with E-state index in [0.717, 1.165) is 18.4 Å². The molecule has 0 spiro atoms. The van der Waals surface area contributed by atoms with Crippen LogP contribution in [0, 0.1) is 0 Å². The summed E-state index contributed by atoms with van der Waals surface area (Å²) in [5.41, 5.74) is 1.16. The molecule has 0 saturated carbocycles. The number of benzene rings is 1. The van der Waals surface area contributed by atoms with E-state index in [2.05, 4.69) is 23.9 Å². The van der Waals surface area contributed by atoms with Crippen LogP contribution in [0.25, 0.3) is 0 Å². The summed E-state index contributed by atoms with van der Waals surface area (Å²) in [6.45, 7) is 4.21. The molecule has 0 aliphatic carbocycles. The fourth-order valence-corrected chi connectivity index (χ4v) is 4.73. The first kappa shape index (κ1) is 17.7. The third-order valence-corrected chi connectivity index (χ3v) is 6.19. The number of piperidine rings is 1. The first-order chi connectivity index (χ1) is 9.94. The third-order valence-electron chi connectivity index (χ3n) is 4.65. The SMILES string of the molecule is CC(C)c1ccc(S(=O)(=O)NC2CC3CCC(C2)N3)cc1.Cl. The number of rotatable bonds is 4. The Bertz CT molecular complexity index is 589. The standard InChI is InChI=1S/C16H24N2O2S.ClH/c1-11(2)12-3-7-16(8-4-12)21(19,20)18-15-9-13-5-6-14(10-15)17-13;/h3-4,7-8,11,13-15,17-18H,5-6,9-10H2,1-2H3;1H. The minimum Gasteiger partial charge on any atom is -0.311 e. The highest BCUT2D eigenvalue weighted by molar-refractivity contribution is 7.89. The lowest BCUT2D eigenvalue weighted by molar-refractivity contribution is 0.345. The molecule has 0 radical (unpaired) electrons. The molecule has 22 heavy (non-hydrogen) atoms. The van der Waals surface area contributed by atoms with Crippen LogP contribution >= 0.6 is 12.4 Å². The van der Waals surface area contributed by atoms with Crippen LogP contribution in [0.1, 0.15) is 51.0 Å². The fourth-order valence-electron chi connectivity index (χ4n) is 3.47. The molecule has 2 heterocycles. The Kier molecular flexibility index (Phi) is 5.54. The Labute approximate surface area is 139 Å². The highest BCUT2D eigenvalue weighted by Gasteiger charge is 2.35. The van der Waals surface area contributed by atoms with Crippen LogP contribution in [0.15, 0.2) is 29.2 Å². The molecule has 2 atom stereocenters. The van der Waals surface area contributed by atoms with Crippen molar-refractivity contribution in [3.63, 3.8) is 0 Å². The molecule has 2 unspecified atom stereocenters. The number of halogens is 1. The second kappa shape index (κ2) is 6.87. The molecule has 3 rings (SSSR count). The van der Waals surface area contributed by atoms with Crippen LogP contribution in [-0.4, -0.2) is 26.5 Å². The molecule has 2 aliphatic heterocycles. The second-order valence-electron chi connectivity index (χ2n) is 6.65. The molecule has 1 aromatic rings. The third kappa shape index (κ3) is 3.82. The molecule has 1 aromatic carbocycles. The molecule has 2 fully saturated rings. The van der Waals surface area contributed by atoms with E-state index in [0.29, 0.717) is 22.9 Å². The Morgan fingerprint density at radius 2 is 1.64 bits per heavy atom. The first-order valence-corrected chi connectivity index (χ1v) is 9.31. The predicted molar refractivity (Wildman–Crippen MR) is 91.1 cm³/mol. The number of sulfonamides is 1. The van der Waals surface area contributed by atoms with E-state index < -0.39 is 10.0 Å². The summed E-state index contributed by atoms with van der Waals surface area (Å²) in [6, 6.07) is 8.29. The van der Waals surface area contributed by atoms with Crippen molar-refractivity contribution in [2.24, 2.45) is 0 Å². The summed E-state index contributed by atoms with van der Waals surface area (Å²) >= 11 is 0. The van der Waals surface area contributed by atoms with Gasteiger partial charge in [0.1, 0.15) is 0 Å². The maximum atomic E-state index is 12.5. The molecule has 2 bridgehead atoms. The smallest absolute Gasteiger partial charge is 0.240 e. The monoisotopic (exact) mass is 344 g/mol. The summed E-state index contributed by atoms with van der Waals surface area (Å²) in [6.07, 6.45) is 4.15. The van der Waals surface area contributed by atoms with Gasteiger partial charge in [0.05, 0.1) is 4.90 Å². The zero-order valence-electron chi connectivity index (χ0n) is 13.1. The number of hydrogen-bond acceptors (Lipinski definition) is 3. The van der Waals surface area contributed by atoms with Crippen LogP contribution < -0.4 is 10.0 Å². The van der Waals surface area contributed by atoms with Crippen LogP contribution in [0.3, 0.4) is 0 Å². The molecule has 6 heteroatoms. The minimum absolute atomic E-state index is 0. The van der Waals surface area contributed by atoms with Crippen molar-refractivity contribution in [3.05, 3.63) is 29.8 Å². The quantitative estimate of drug-likeness (QED) is 0.883. The van der Waals surface area contributed by atoms with E-state index in [-0.39, 0.29) is 18.4 Å². The zero-order valence-corrected chi connectivity index (χ0v) is 14.7. The van der Waals surface area contributed by atoms with Gasteiger partial charge in [0.25, 0.3) is 0 Å². The average molecular weight is 345 g/mol. The second-order valence-corrected chi connectivity index (χ2v) is 8.37. The largest absolute Gasteiger partial charge is 0.311 e. The molecule has 124 valence electrons. The molecule has 0 aromatic heterocycles. The van der Waals surface area contributed by atoms with Gasteiger partial charge in [-0.3, -0.25) is 0 Å². The van der Waals surface area contributed by atoms with E-state index in [1.54, 1.807) is 12.1 Å². The van der Waals surface area contributed by atoms with Crippen LogP contribution in [0.4, 0.5) is 0 Å². The summed E-state index contributed by atoms with van der Waals surface area (Å²) in [4.78, 5) is 0.373. The zero-order chi connectivity index (χ0) is 15.0. The maximum Gasteiger partial charge on any atom is 0.240 e. The molecule has 0 amide bonds. The van der Waals surface area contributed by atoms with E-state index >= 15 is 0 Å². The Morgan fingerprint density at radius 1 is 1.09 bits per heavy atom. The molecule has 4 nitrogen and oxygen atoms in total. The van der Waals surface area contributed by atoms with Crippen molar-refractivity contribution in [2.75, 3.05) is 0 Å². The van der Waals surface area contributed by atoms with Gasteiger partial charge >= 0.3 is 0 Å². The van der Waals surface area contributed by atoms with Crippen molar-refractivity contribution in [3.8, 4) is 0 Å². The van der Waals surface area contributed by atoms with E-state index in [4.69, 9.17) is 0 Å². The average Bonchev–Trinajstić information content (AvgIpc) is 2.77. The van der Waals surface area contributed by atoms with Crippen molar-refractivity contribution in [1.29, 1.82) is 0 Å². The van der Waals surface area contributed by atoms with Gasteiger partial charge in [-0.2, -0.15) is 0 Å². The van der Waals surface area contributed by atoms with Gasteiger partial charge in [-0.1, -0.05) is 26.0 Å². The highest BCUT2D eigenvalue weighted by Crippen LogP contribution is 2.28. The number of nitrogens with one attached hydrogen (secondary N) is 2. The summed E-state index contributed by atoms with van der Waals surface area (Å²) in [5, 5.41) is 3.53. The van der Waals surface area contributed by atoms with E-state index in [1.807, 2.05) is 12.1 Å². The predicted octanol–water partition coefficient (Wildman–Crippen LogP) is 2.79. The van der Waals surface area contributed by atoms with Gasteiger partial charge in [0.15, 0.2) is 0 Å². The molecular weight excluding hydrogens is 320 g/mol. The van der Waals surface area contributed by atoms with Crippen molar-refractivity contribution >= 4 is 22.4 Å². The number of hydrogen-bond donors (Lipinski definition) is 2. The summed E-state index contributed by atoms with van der Waals surface area (Å²) in [7, 11) is -3.40. The molecule has 2 N–H and O–H groups in total. The van der Waals surface area contributed by atoms with Crippen LogP contribution in [0.5, 0.6) is 0 Å². The van der Waals surface area contributed by atoms with Crippen LogP contribution in [0.2, 0.25) is 0 Å². The van der Waals surface area contributed by atoms with Gasteiger partial charge in [-0.25, -0.2) is 13.1 Å². The molecule has 2 saturated heterocycles. The van der Waals surface area contributed by atoms with Crippen molar-refractivity contribution in [1.82, 2.24) is 10.0 Å².